The molecule has 0 unspecified atom stereocenters. The molecule has 2 aromatic carbocycles. The Morgan fingerprint density at radius 3 is 2.30 bits per heavy atom. The zero-order valence-corrected chi connectivity index (χ0v) is 17.7. The maximum absolute atomic E-state index is 12.4. The minimum atomic E-state index is -0.642. The summed E-state index contributed by atoms with van der Waals surface area (Å²) in [5.41, 5.74) is 2.83. The number of ether oxygens (including phenoxy) is 3. The minimum absolute atomic E-state index is 0.0720. The quantitative estimate of drug-likeness (QED) is 0.292. The molecule has 0 heterocycles. The molecule has 158 valence electrons. The van der Waals surface area contributed by atoms with Crippen LogP contribution in [0.1, 0.15) is 47.3 Å². The van der Waals surface area contributed by atoms with Crippen LogP contribution in [-0.2, 0) is 16.0 Å². The van der Waals surface area contributed by atoms with Crippen molar-refractivity contribution in [3.8, 4) is 17.2 Å². The van der Waals surface area contributed by atoms with Gasteiger partial charge in [0.1, 0.15) is 22.8 Å². The fraction of sp³-hybridized carbons (Fsp3) is 0.250. The summed E-state index contributed by atoms with van der Waals surface area (Å²) >= 11 is 0. The van der Waals surface area contributed by atoms with Crippen LogP contribution in [0.5, 0.6) is 17.2 Å². The number of hydrogen-bond acceptors (Lipinski definition) is 6. The largest absolute Gasteiger partial charge is 0.507 e. The van der Waals surface area contributed by atoms with E-state index < -0.39 is 11.9 Å². The van der Waals surface area contributed by atoms with Crippen LogP contribution in [0.4, 0.5) is 0 Å². The second kappa shape index (κ2) is 10.3. The van der Waals surface area contributed by atoms with Crippen molar-refractivity contribution in [2.45, 2.75) is 26.7 Å². The first kappa shape index (κ1) is 22.7. The number of methoxy groups -OCH3 is 2. The summed E-state index contributed by atoms with van der Waals surface area (Å²) in [7, 11) is 2.78. The molecule has 2 rings (SSSR count). The highest BCUT2D eigenvalue weighted by Crippen LogP contribution is 2.37. The molecule has 0 aliphatic carbocycles. The first-order valence-corrected chi connectivity index (χ1v) is 9.38. The Hall–Kier alpha value is -3.54. The van der Waals surface area contributed by atoms with E-state index in [0.717, 1.165) is 11.1 Å². The first-order valence-electron chi connectivity index (χ1n) is 9.38. The summed E-state index contributed by atoms with van der Waals surface area (Å²) in [5.74, 6) is -0.276. The van der Waals surface area contributed by atoms with Gasteiger partial charge in [-0.2, -0.15) is 0 Å². The number of esters is 2. The molecule has 0 radical (unpaired) electrons. The molecule has 2 aromatic rings. The molecule has 0 atom stereocenters. The highest BCUT2D eigenvalue weighted by molar-refractivity contribution is 5.98. The van der Waals surface area contributed by atoms with E-state index in [2.05, 4.69) is 6.58 Å². The number of phenolic OH excluding ortho intramolecular Hbond substituents is 1. The molecule has 1 N–H and O–H groups in total. The molecule has 0 aliphatic heterocycles. The zero-order valence-electron chi connectivity index (χ0n) is 17.7. The van der Waals surface area contributed by atoms with Gasteiger partial charge in [0.2, 0.25) is 0 Å². The Bertz CT molecular complexity index is 970. The van der Waals surface area contributed by atoms with Gasteiger partial charge in [0.25, 0.3) is 0 Å². The van der Waals surface area contributed by atoms with Crippen molar-refractivity contribution in [2.75, 3.05) is 14.2 Å². The summed E-state index contributed by atoms with van der Waals surface area (Å²) in [6.45, 7) is 7.11. The number of aromatic hydroxyl groups is 1. The summed E-state index contributed by atoms with van der Waals surface area (Å²) in [4.78, 5) is 23.4. The molecule has 0 aliphatic rings. The van der Waals surface area contributed by atoms with Gasteiger partial charge >= 0.3 is 11.9 Å². The summed E-state index contributed by atoms with van der Waals surface area (Å²) in [6.07, 6.45) is 4.59. The second-order valence-electron chi connectivity index (χ2n) is 6.81. The van der Waals surface area contributed by atoms with Crippen LogP contribution in [0.2, 0.25) is 0 Å². The third kappa shape index (κ3) is 5.73. The number of rotatable bonds is 8. The lowest BCUT2D eigenvalue weighted by molar-refractivity contribution is -0.131. The van der Waals surface area contributed by atoms with Crippen molar-refractivity contribution in [1.82, 2.24) is 0 Å². The summed E-state index contributed by atoms with van der Waals surface area (Å²) < 4.78 is 15.3. The average Bonchev–Trinajstić information content (AvgIpc) is 2.70. The van der Waals surface area contributed by atoms with E-state index in [9.17, 15) is 14.7 Å². The van der Waals surface area contributed by atoms with Crippen LogP contribution in [0.25, 0.3) is 12.2 Å². The van der Waals surface area contributed by atoms with Crippen LogP contribution in [-0.4, -0.2) is 31.3 Å². The number of phenols is 1. The van der Waals surface area contributed by atoms with E-state index in [4.69, 9.17) is 14.2 Å². The van der Waals surface area contributed by atoms with Crippen molar-refractivity contribution in [3.63, 3.8) is 0 Å². The lowest BCUT2D eigenvalue weighted by Crippen LogP contribution is -2.07. The molecule has 0 saturated carbocycles. The molecule has 0 spiro atoms. The minimum Gasteiger partial charge on any atom is -0.507 e. The van der Waals surface area contributed by atoms with Crippen LogP contribution < -0.4 is 9.47 Å². The highest BCUT2D eigenvalue weighted by atomic mass is 16.5. The van der Waals surface area contributed by atoms with Gasteiger partial charge in [-0.1, -0.05) is 29.9 Å². The molecule has 0 fully saturated rings. The molecule has 30 heavy (non-hydrogen) atoms. The van der Waals surface area contributed by atoms with Gasteiger partial charge in [-0.3, -0.25) is 4.79 Å². The van der Waals surface area contributed by atoms with Crippen LogP contribution in [0.3, 0.4) is 0 Å². The van der Waals surface area contributed by atoms with Crippen LogP contribution >= 0.6 is 0 Å². The zero-order chi connectivity index (χ0) is 22.3. The van der Waals surface area contributed by atoms with E-state index >= 15 is 0 Å². The van der Waals surface area contributed by atoms with E-state index in [0.29, 0.717) is 35.5 Å². The van der Waals surface area contributed by atoms with Crippen molar-refractivity contribution < 1.29 is 28.9 Å². The van der Waals surface area contributed by atoms with Gasteiger partial charge in [-0.05, 0) is 49.1 Å². The molecular formula is C24H26O6. The Balaban J connectivity index is 2.46. The van der Waals surface area contributed by atoms with Gasteiger partial charge in [-0.15, -0.1) is 6.58 Å². The predicted molar refractivity (Wildman–Crippen MR) is 116 cm³/mol. The topological polar surface area (TPSA) is 82.1 Å². The maximum Gasteiger partial charge on any atom is 0.342 e. The fourth-order valence-electron chi connectivity index (χ4n) is 2.91. The molecule has 6 nitrogen and oxygen atoms in total. The Kier molecular flexibility index (Phi) is 7.81. The standard InChI is InChI=1S/C24H26O6/c1-15(2)6-13-20-21(28-4)14-18(22(23(20)26)24(27)29-5)10-7-17-8-11-19(12-9-17)30-16(3)25/h7-12,14,26H,1,6,13H2,2-5H3/b10-7+. The monoisotopic (exact) mass is 410 g/mol. The Labute approximate surface area is 176 Å². The third-order valence-electron chi connectivity index (χ3n) is 4.40. The summed E-state index contributed by atoms with van der Waals surface area (Å²) in [6, 6.07) is 8.57. The molecular weight excluding hydrogens is 384 g/mol. The van der Waals surface area contributed by atoms with Gasteiger partial charge in [0.15, 0.2) is 0 Å². The van der Waals surface area contributed by atoms with Crippen molar-refractivity contribution in [3.05, 3.63) is 64.7 Å². The Morgan fingerprint density at radius 2 is 1.77 bits per heavy atom. The van der Waals surface area contributed by atoms with Gasteiger partial charge in [0, 0.05) is 12.5 Å². The maximum atomic E-state index is 12.4. The molecule has 0 bridgehead atoms. The van der Waals surface area contributed by atoms with Crippen LogP contribution in [0, 0.1) is 0 Å². The predicted octanol–water partition coefficient (Wildman–Crippen LogP) is 4.79. The van der Waals surface area contributed by atoms with Crippen molar-refractivity contribution in [2.24, 2.45) is 0 Å². The van der Waals surface area contributed by atoms with Crippen LogP contribution in [0.15, 0.2) is 42.5 Å². The SMILES string of the molecule is C=C(C)CCc1c(OC)cc(/C=C/c2ccc(OC(C)=O)cc2)c(C(=O)OC)c1O. The molecule has 0 saturated heterocycles. The number of hydrogen-bond donors (Lipinski definition) is 1. The number of carbonyl (C=O) groups excluding carboxylic acids is 2. The third-order valence-corrected chi connectivity index (χ3v) is 4.40. The van der Waals surface area contributed by atoms with E-state index in [1.165, 1.54) is 21.1 Å². The number of carbonyl (C=O) groups is 2. The lowest BCUT2D eigenvalue weighted by atomic mass is 9.96. The number of allylic oxidation sites excluding steroid dienone is 1. The van der Waals surface area contributed by atoms with Gasteiger partial charge in [-0.25, -0.2) is 4.79 Å². The van der Waals surface area contributed by atoms with Gasteiger partial charge in [0.05, 0.1) is 14.2 Å². The van der Waals surface area contributed by atoms with E-state index in [1.807, 2.05) is 6.92 Å². The molecule has 6 heteroatoms. The van der Waals surface area contributed by atoms with Crippen molar-refractivity contribution >= 4 is 24.1 Å². The lowest BCUT2D eigenvalue weighted by Gasteiger charge is -2.16. The van der Waals surface area contributed by atoms with Crippen molar-refractivity contribution in [1.29, 1.82) is 0 Å². The highest BCUT2D eigenvalue weighted by Gasteiger charge is 2.22. The fourth-order valence-corrected chi connectivity index (χ4v) is 2.91. The summed E-state index contributed by atoms with van der Waals surface area (Å²) in [5, 5.41) is 10.8. The van der Waals surface area contributed by atoms with E-state index in [1.54, 1.807) is 42.5 Å². The Morgan fingerprint density at radius 1 is 1.10 bits per heavy atom. The molecule has 0 aromatic heterocycles. The smallest absolute Gasteiger partial charge is 0.342 e. The number of benzene rings is 2. The first-order chi connectivity index (χ1) is 14.3. The second-order valence-corrected chi connectivity index (χ2v) is 6.81. The average molecular weight is 410 g/mol. The van der Waals surface area contributed by atoms with Gasteiger partial charge < -0.3 is 19.3 Å². The van der Waals surface area contributed by atoms with E-state index in [-0.39, 0.29) is 11.3 Å². The normalized spacial score (nSPS) is 10.7. The molecule has 0 amide bonds.